The van der Waals surface area contributed by atoms with Crippen LogP contribution in [-0.2, 0) is 0 Å². The van der Waals surface area contributed by atoms with Gasteiger partial charge in [-0.25, -0.2) is 9.74 Å². The fourth-order valence-corrected chi connectivity index (χ4v) is 6.46. The van der Waals surface area contributed by atoms with Crippen LogP contribution in [0.1, 0.15) is 26.3 Å². The number of anilines is 1. The summed E-state index contributed by atoms with van der Waals surface area (Å²) in [6.45, 7) is 7.48. The lowest BCUT2D eigenvalue weighted by molar-refractivity contribution is 0.0926. The van der Waals surface area contributed by atoms with Crippen molar-refractivity contribution in [3.05, 3.63) is 162 Å². The summed E-state index contributed by atoms with van der Waals surface area (Å²) >= 11 is 0. The van der Waals surface area contributed by atoms with Gasteiger partial charge in [0.2, 0.25) is 0 Å². The number of amides is 2. The van der Waals surface area contributed by atoms with Crippen LogP contribution in [0.3, 0.4) is 0 Å². The van der Waals surface area contributed by atoms with Crippen molar-refractivity contribution < 1.29 is 9.59 Å². The Morgan fingerprint density at radius 2 is 1.35 bits per heavy atom. The van der Waals surface area contributed by atoms with Crippen molar-refractivity contribution in [2.45, 2.75) is 0 Å². The zero-order valence-electron chi connectivity index (χ0n) is 24.3. The second-order valence-electron chi connectivity index (χ2n) is 11.1. The molecule has 0 spiro atoms. The Hall–Kier alpha value is -6.76. The first-order valence-corrected chi connectivity index (χ1v) is 14.7. The van der Waals surface area contributed by atoms with Crippen molar-refractivity contribution in [3.63, 3.8) is 0 Å². The Labute approximate surface area is 264 Å². The Morgan fingerprint density at radius 3 is 2.17 bits per heavy atom. The number of hydrogen-bond donors (Lipinski definition) is 0. The molecule has 0 unspecified atom stereocenters. The molecule has 8 rings (SSSR count). The minimum absolute atomic E-state index is 0.354. The van der Waals surface area contributed by atoms with Gasteiger partial charge in [0.1, 0.15) is 0 Å². The number of carbonyl (C=O) groups is 2. The summed E-state index contributed by atoms with van der Waals surface area (Å²) in [5, 5.41) is 11.5. The van der Waals surface area contributed by atoms with Gasteiger partial charge in [-0.2, -0.15) is 5.26 Å². The number of benzene rings is 6. The SMILES string of the molecule is [C-]#[N+]c1cc(C#N)cc(-c2ccc3c(c2)c2ccccc2n3-c2cccc3c2C(=O)N(c2cccc(-c4ccccc4)c2)C3=O)c1. The van der Waals surface area contributed by atoms with Crippen LogP contribution in [0.4, 0.5) is 11.4 Å². The summed E-state index contributed by atoms with van der Waals surface area (Å²) in [6, 6.07) is 44.0. The predicted octanol–water partition coefficient (Wildman–Crippen LogP) is 9.34. The van der Waals surface area contributed by atoms with Crippen molar-refractivity contribution in [2.75, 3.05) is 4.90 Å². The molecule has 6 aromatic carbocycles. The molecule has 2 heterocycles. The third-order valence-electron chi connectivity index (χ3n) is 8.53. The maximum absolute atomic E-state index is 14.2. The third-order valence-corrected chi connectivity index (χ3v) is 8.53. The number of carbonyl (C=O) groups excluding carboxylic acids is 2. The summed E-state index contributed by atoms with van der Waals surface area (Å²) < 4.78 is 2.04. The monoisotopic (exact) mass is 590 g/mol. The highest BCUT2D eigenvalue weighted by molar-refractivity contribution is 6.36. The predicted molar refractivity (Wildman–Crippen MR) is 180 cm³/mol. The van der Waals surface area contributed by atoms with Crippen molar-refractivity contribution >= 4 is 45.0 Å². The van der Waals surface area contributed by atoms with E-state index in [2.05, 4.69) is 17.0 Å². The lowest BCUT2D eigenvalue weighted by Crippen LogP contribution is -2.29. The average Bonchev–Trinajstić information content (AvgIpc) is 3.58. The van der Waals surface area contributed by atoms with Crippen LogP contribution >= 0.6 is 0 Å². The van der Waals surface area contributed by atoms with Gasteiger partial charge >= 0.3 is 0 Å². The highest BCUT2D eigenvalue weighted by Gasteiger charge is 2.39. The van der Waals surface area contributed by atoms with Gasteiger partial charge in [-0.3, -0.25) is 9.59 Å². The molecule has 46 heavy (non-hydrogen) atoms. The molecule has 2 amide bonds. The molecular weight excluding hydrogens is 568 g/mol. The maximum Gasteiger partial charge on any atom is 0.268 e. The fourth-order valence-electron chi connectivity index (χ4n) is 6.46. The van der Waals surface area contributed by atoms with E-state index in [1.807, 2.05) is 102 Å². The van der Waals surface area contributed by atoms with Crippen LogP contribution in [0.2, 0.25) is 0 Å². The van der Waals surface area contributed by atoms with Gasteiger partial charge < -0.3 is 4.57 Å². The Bertz CT molecular complexity index is 2460. The van der Waals surface area contributed by atoms with Crippen LogP contribution in [0, 0.1) is 17.9 Å². The highest BCUT2D eigenvalue weighted by Crippen LogP contribution is 2.40. The van der Waals surface area contributed by atoms with E-state index in [0.29, 0.717) is 33.8 Å². The van der Waals surface area contributed by atoms with Crippen LogP contribution in [0.25, 0.3) is 54.6 Å². The van der Waals surface area contributed by atoms with E-state index in [4.69, 9.17) is 6.57 Å². The molecule has 6 nitrogen and oxygen atoms in total. The van der Waals surface area contributed by atoms with Gasteiger partial charge in [-0.15, -0.1) is 0 Å². The molecule has 0 fully saturated rings. The van der Waals surface area contributed by atoms with Crippen LogP contribution in [0.15, 0.2) is 133 Å². The second kappa shape index (κ2) is 10.4. The topological polar surface area (TPSA) is 70.5 Å². The van der Waals surface area contributed by atoms with E-state index in [-0.39, 0.29) is 11.8 Å². The molecule has 0 atom stereocenters. The molecule has 214 valence electrons. The summed E-state index contributed by atoms with van der Waals surface area (Å²) in [5.41, 5.74) is 7.99. The minimum Gasteiger partial charge on any atom is -0.308 e. The zero-order valence-corrected chi connectivity index (χ0v) is 24.3. The van der Waals surface area contributed by atoms with E-state index in [1.54, 1.807) is 30.3 Å². The molecule has 6 heteroatoms. The van der Waals surface area contributed by atoms with Crippen LogP contribution < -0.4 is 4.90 Å². The molecule has 0 N–H and O–H groups in total. The number of para-hydroxylation sites is 1. The molecule has 0 radical (unpaired) electrons. The van der Waals surface area contributed by atoms with Crippen molar-refractivity contribution in [3.8, 4) is 34.0 Å². The molecule has 0 saturated carbocycles. The van der Waals surface area contributed by atoms with E-state index in [1.165, 1.54) is 4.90 Å². The molecule has 1 aliphatic rings. The van der Waals surface area contributed by atoms with E-state index >= 15 is 0 Å². The maximum atomic E-state index is 14.2. The molecule has 0 aliphatic carbocycles. The van der Waals surface area contributed by atoms with Gasteiger partial charge in [-0.1, -0.05) is 72.8 Å². The first kappa shape index (κ1) is 26.8. The lowest BCUT2D eigenvalue weighted by atomic mass is 10.00. The minimum atomic E-state index is -0.372. The highest BCUT2D eigenvalue weighted by atomic mass is 16.2. The largest absolute Gasteiger partial charge is 0.308 e. The number of aromatic nitrogens is 1. The normalized spacial score (nSPS) is 12.3. The first-order valence-electron chi connectivity index (χ1n) is 14.7. The Kier molecular flexibility index (Phi) is 6.10. The van der Waals surface area contributed by atoms with Gasteiger partial charge in [0, 0.05) is 16.3 Å². The number of nitrogens with zero attached hydrogens (tertiary/aromatic N) is 4. The average molecular weight is 591 g/mol. The Morgan fingerprint density at radius 1 is 0.609 bits per heavy atom. The van der Waals surface area contributed by atoms with Gasteiger partial charge in [0.15, 0.2) is 5.69 Å². The van der Waals surface area contributed by atoms with Crippen molar-refractivity contribution in [1.29, 1.82) is 5.26 Å². The number of imide groups is 1. The smallest absolute Gasteiger partial charge is 0.268 e. The van der Waals surface area contributed by atoms with Crippen molar-refractivity contribution in [2.24, 2.45) is 0 Å². The van der Waals surface area contributed by atoms with Crippen LogP contribution in [0.5, 0.6) is 0 Å². The molecule has 0 saturated heterocycles. The van der Waals surface area contributed by atoms with Crippen LogP contribution in [-0.4, -0.2) is 16.4 Å². The molecule has 1 aliphatic heterocycles. The second-order valence-corrected chi connectivity index (χ2v) is 11.1. The van der Waals surface area contributed by atoms with Gasteiger partial charge in [0.25, 0.3) is 11.8 Å². The number of hydrogen-bond acceptors (Lipinski definition) is 3. The molecule has 1 aromatic heterocycles. The standard InChI is InChI=1S/C40H22N4O2/c1-42-30-20-25(24-41)19-29(21-30)28-17-18-36-34(23-28)32-13-5-6-15-35(32)44(36)37-16-8-14-33-38(37)40(46)43(39(33)45)31-12-7-11-27(22-31)26-9-3-2-4-10-26/h2-23H. The third kappa shape index (κ3) is 4.10. The number of fused-ring (bicyclic) bond motifs is 4. The van der Waals surface area contributed by atoms with E-state index in [0.717, 1.165) is 44.1 Å². The van der Waals surface area contributed by atoms with Gasteiger partial charge in [-0.05, 0) is 82.9 Å². The number of nitriles is 1. The Balaban J connectivity index is 1.29. The fraction of sp³-hybridized carbons (Fsp3) is 0. The van der Waals surface area contributed by atoms with E-state index in [9.17, 15) is 14.9 Å². The summed E-state index contributed by atoms with van der Waals surface area (Å²) in [5.74, 6) is -0.730. The number of rotatable bonds is 4. The quantitative estimate of drug-likeness (QED) is 0.151. The molecule has 7 aromatic rings. The van der Waals surface area contributed by atoms with Gasteiger partial charge in [0.05, 0.1) is 46.2 Å². The summed E-state index contributed by atoms with van der Waals surface area (Å²) in [7, 11) is 0. The summed E-state index contributed by atoms with van der Waals surface area (Å²) in [4.78, 5) is 32.9. The molecule has 0 bridgehead atoms. The first-order chi connectivity index (χ1) is 22.6. The zero-order chi connectivity index (χ0) is 31.4. The summed E-state index contributed by atoms with van der Waals surface area (Å²) in [6.07, 6.45) is 0. The lowest BCUT2D eigenvalue weighted by Gasteiger charge is -2.16. The van der Waals surface area contributed by atoms with E-state index < -0.39 is 0 Å². The van der Waals surface area contributed by atoms with Crippen molar-refractivity contribution in [1.82, 2.24) is 4.57 Å². The molecular formula is C40H22N4O2.